The number of hydrogen-bond donors (Lipinski definition) is 2. The highest BCUT2D eigenvalue weighted by Gasteiger charge is 2.21. The number of anilines is 5. The Hall–Kier alpha value is -3.42. The second kappa shape index (κ2) is 7.67. The number of rotatable bonds is 4. The number of nitrogen functional groups attached to an aromatic ring is 1. The summed E-state index contributed by atoms with van der Waals surface area (Å²) in [5, 5.41) is 2.77. The molecule has 28 heavy (non-hydrogen) atoms. The topological polar surface area (TPSA) is 70.3 Å². The Labute approximate surface area is 161 Å². The van der Waals surface area contributed by atoms with E-state index in [1.807, 2.05) is 18.2 Å². The maximum atomic E-state index is 13.9. The van der Waals surface area contributed by atoms with Gasteiger partial charge in [-0.3, -0.25) is 0 Å². The molecule has 0 spiro atoms. The summed E-state index contributed by atoms with van der Waals surface area (Å²) in [4.78, 5) is 12.8. The highest BCUT2D eigenvalue weighted by Crippen LogP contribution is 2.30. The number of halogens is 2. The first-order valence-corrected chi connectivity index (χ1v) is 8.99. The Morgan fingerprint density at radius 3 is 2.36 bits per heavy atom. The normalized spacial score (nSPS) is 14.2. The molecule has 4 rings (SSSR count). The van der Waals surface area contributed by atoms with Gasteiger partial charge in [0, 0.05) is 37.9 Å². The van der Waals surface area contributed by atoms with Crippen LogP contribution in [0.15, 0.2) is 54.9 Å². The minimum atomic E-state index is -0.586. The SMILES string of the molecule is Nc1c(Nc2cc(F)ccc2F)ncnc1N1CCN(c2ccccc2)CC1. The number of nitrogens with zero attached hydrogens (tertiary/aromatic N) is 4. The van der Waals surface area contributed by atoms with Crippen molar-refractivity contribution in [3.63, 3.8) is 0 Å². The Balaban J connectivity index is 1.50. The smallest absolute Gasteiger partial charge is 0.159 e. The molecule has 1 aliphatic heterocycles. The fourth-order valence-corrected chi connectivity index (χ4v) is 3.27. The van der Waals surface area contributed by atoms with Crippen molar-refractivity contribution in [2.45, 2.75) is 0 Å². The van der Waals surface area contributed by atoms with E-state index in [1.165, 1.54) is 12.0 Å². The van der Waals surface area contributed by atoms with Crippen LogP contribution in [-0.2, 0) is 0 Å². The Morgan fingerprint density at radius 2 is 1.61 bits per heavy atom. The second-order valence-corrected chi connectivity index (χ2v) is 6.52. The summed E-state index contributed by atoms with van der Waals surface area (Å²) in [6.45, 7) is 3.14. The maximum Gasteiger partial charge on any atom is 0.159 e. The summed E-state index contributed by atoms with van der Waals surface area (Å²) < 4.78 is 27.3. The van der Waals surface area contributed by atoms with Crippen LogP contribution in [0.4, 0.5) is 37.5 Å². The number of para-hydroxylation sites is 1. The van der Waals surface area contributed by atoms with Crippen LogP contribution < -0.4 is 20.9 Å². The van der Waals surface area contributed by atoms with Crippen LogP contribution in [0.1, 0.15) is 0 Å². The van der Waals surface area contributed by atoms with Gasteiger partial charge in [0.05, 0.1) is 5.69 Å². The summed E-state index contributed by atoms with van der Waals surface area (Å²) in [5.41, 5.74) is 7.70. The summed E-state index contributed by atoms with van der Waals surface area (Å²) >= 11 is 0. The van der Waals surface area contributed by atoms with Gasteiger partial charge in [-0.2, -0.15) is 0 Å². The molecule has 8 heteroatoms. The number of nitrogens with one attached hydrogen (secondary N) is 1. The van der Waals surface area contributed by atoms with Crippen molar-refractivity contribution in [3.8, 4) is 0 Å². The summed E-state index contributed by atoms with van der Waals surface area (Å²) in [7, 11) is 0. The molecular formula is C20H20F2N6. The molecule has 2 heterocycles. The van der Waals surface area contributed by atoms with Crippen molar-refractivity contribution >= 4 is 28.7 Å². The fourth-order valence-electron chi connectivity index (χ4n) is 3.27. The van der Waals surface area contributed by atoms with Crippen LogP contribution in [-0.4, -0.2) is 36.1 Å². The number of benzene rings is 2. The molecule has 0 bridgehead atoms. The van der Waals surface area contributed by atoms with E-state index in [9.17, 15) is 8.78 Å². The molecule has 0 radical (unpaired) electrons. The fraction of sp³-hybridized carbons (Fsp3) is 0.200. The number of hydrogen-bond acceptors (Lipinski definition) is 6. The Morgan fingerprint density at radius 1 is 0.893 bits per heavy atom. The number of aromatic nitrogens is 2. The standard InChI is InChI=1S/C20H20F2N6/c21-14-6-7-16(22)17(12-14)26-19-18(23)20(25-13-24-19)28-10-8-27(9-11-28)15-4-2-1-3-5-15/h1-7,12-13H,8-11,23H2,(H,24,25,26). The van der Waals surface area contributed by atoms with Gasteiger partial charge in [0.15, 0.2) is 11.6 Å². The molecule has 144 valence electrons. The molecule has 0 aliphatic carbocycles. The molecule has 3 N–H and O–H groups in total. The van der Waals surface area contributed by atoms with Gasteiger partial charge in [-0.05, 0) is 24.3 Å². The molecule has 3 aromatic rings. The largest absolute Gasteiger partial charge is 0.393 e. The monoisotopic (exact) mass is 382 g/mol. The van der Waals surface area contributed by atoms with E-state index in [4.69, 9.17) is 5.73 Å². The molecule has 1 aliphatic rings. The Kier molecular flexibility index (Phi) is 4.92. The molecule has 0 unspecified atom stereocenters. The third kappa shape index (κ3) is 3.66. The first-order valence-electron chi connectivity index (χ1n) is 8.99. The van der Waals surface area contributed by atoms with E-state index in [2.05, 4.69) is 37.2 Å². The lowest BCUT2D eigenvalue weighted by Gasteiger charge is -2.37. The molecule has 2 aromatic carbocycles. The van der Waals surface area contributed by atoms with Crippen molar-refractivity contribution in [1.29, 1.82) is 0 Å². The molecule has 0 amide bonds. The first-order chi connectivity index (χ1) is 13.6. The first kappa shape index (κ1) is 18.0. The third-order valence-corrected chi connectivity index (χ3v) is 4.74. The van der Waals surface area contributed by atoms with Gasteiger partial charge in [-0.1, -0.05) is 18.2 Å². The minimum Gasteiger partial charge on any atom is -0.393 e. The molecule has 0 atom stereocenters. The zero-order valence-electron chi connectivity index (χ0n) is 15.1. The van der Waals surface area contributed by atoms with Gasteiger partial charge in [-0.15, -0.1) is 0 Å². The van der Waals surface area contributed by atoms with Crippen LogP contribution in [0, 0.1) is 11.6 Å². The van der Waals surface area contributed by atoms with Crippen LogP contribution in [0.25, 0.3) is 0 Å². The highest BCUT2D eigenvalue weighted by atomic mass is 19.1. The highest BCUT2D eigenvalue weighted by molar-refractivity contribution is 5.78. The van der Waals surface area contributed by atoms with Crippen molar-refractivity contribution in [2.24, 2.45) is 0 Å². The predicted molar refractivity (Wildman–Crippen MR) is 107 cm³/mol. The van der Waals surface area contributed by atoms with Crippen LogP contribution in [0.2, 0.25) is 0 Å². The molecular weight excluding hydrogens is 362 g/mol. The third-order valence-electron chi connectivity index (χ3n) is 4.74. The number of nitrogens with two attached hydrogens (primary N) is 1. The maximum absolute atomic E-state index is 13.9. The van der Waals surface area contributed by atoms with E-state index in [0.29, 0.717) is 11.5 Å². The van der Waals surface area contributed by atoms with Crippen molar-refractivity contribution in [3.05, 3.63) is 66.5 Å². The zero-order chi connectivity index (χ0) is 19.5. The second-order valence-electron chi connectivity index (χ2n) is 6.52. The van der Waals surface area contributed by atoms with E-state index in [-0.39, 0.29) is 11.5 Å². The molecule has 1 fully saturated rings. The van der Waals surface area contributed by atoms with Crippen molar-refractivity contribution < 1.29 is 8.78 Å². The lowest BCUT2D eigenvalue weighted by molar-refractivity contribution is 0.603. The van der Waals surface area contributed by atoms with E-state index in [1.54, 1.807) is 0 Å². The van der Waals surface area contributed by atoms with Crippen molar-refractivity contribution in [1.82, 2.24) is 9.97 Å². The van der Waals surface area contributed by atoms with E-state index < -0.39 is 11.6 Å². The molecule has 1 saturated heterocycles. The van der Waals surface area contributed by atoms with Crippen LogP contribution >= 0.6 is 0 Å². The van der Waals surface area contributed by atoms with Gasteiger partial charge >= 0.3 is 0 Å². The lowest BCUT2D eigenvalue weighted by Crippen LogP contribution is -2.47. The van der Waals surface area contributed by atoms with Gasteiger partial charge in [0.1, 0.15) is 23.6 Å². The summed E-state index contributed by atoms with van der Waals surface area (Å²) in [6.07, 6.45) is 1.37. The average Bonchev–Trinajstić information content (AvgIpc) is 2.73. The van der Waals surface area contributed by atoms with Crippen LogP contribution in [0.3, 0.4) is 0 Å². The van der Waals surface area contributed by atoms with E-state index >= 15 is 0 Å². The Bertz CT molecular complexity index is 958. The predicted octanol–water partition coefficient (Wildman–Crippen LogP) is 3.41. The summed E-state index contributed by atoms with van der Waals surface area (Å²) in [6, 6.07) is 13.4. The minimum absolute atomic E-state index is 0.0229. The molecule has 6 nitrogen and oxygen atoms in total. The van der Waals surface area contributed by atoms with E-state index in [0.717, 1.165) is 44.4 Å². The summed E-state index contributed by atoms with van der Waals surface area (Å²) in [5.74, 6) is -0.298. The lowest BCUT2D eigenvalue weighted by atomic mass is 10.2. The average molecular weight is 382 g/mol. The van der Waals surface area contributed by atoms with Gasteiger partial charge in [0.25, 0.3) is 0 Å². The number of piperazine rings is 1. The van der Waals surface area contributed by atoms with Crippen molar-refractivity contribution in [2.75, 3.05) is 47.0 Å². The van der Waals surface area contributed by atoms with Gasteiger partial charge < -0.3 is 20.9 Å². The van der Waals surface area contributed by atoms with Crippen LogP contribution in [0.5, 0.6) is 0 Å². The molecule has 1 aromatic heterocycles. The van der Waals surface area contributed by atoms with Gasteiger partial charge in [0.2, 0.25) is 0 Å². The quantitative estimate of drug-likeness (QED) is 0.721. The zero-order valence-corrected chi connectivity index (χ0v) is 15.1. The van der Waals surface area contributed by atoms with Gasteiger partial charge in [-0.25, -0.2) is 18.7 Å². The molecule has 0 saturated carbocycles.